The molecular formula is C22H26ClN3O2. The molecular weight excluding hydrogens is 374 g/mol. The highest BCUT2D eigenvalue weighted by molar-refractivity contribution is 6.30. The standard InChI is InChI=1S/C22H26ClN3O2/c1-17-5-7-19(8-6-17)22(28)26(16-18-3-2-4-20(23)15-18)12-9-21(27)25-13-10-24-11-14-25/h2-8,15,24H,9-14,16H2,1H3. The number of carbonyl (C=O) groups excluding carboxylic acids is 2. The van der Waals surface area contributed by atoms with Gasteiger partial charge in [-0.2, -0.15) is 0 Å². The molecule has 1 aliphatic rings. The molecule has 0 saturated carbocycles. The number of nitrogens with one attached hydrogen (secondary N) is 1. The van der Waals surface area contributed by atoms with Gasteiger partial charge in [0.2, 0.25) is 5.91 Å². The molecule has 2 amide bonds. The van der Waals surface area contributed by atoms with Crippen LogP contribution in [0.25, 0.3) is 0 Å². The fourth-order valence-corrected chi connectivity index (χ4v) is 3.50. The van der Waals surface area contributed by atoms with Crippen LogP contribution in [0.15, 0.2) is 48.5 Å². The zero-order valence-corrected chi connectivity index (χ0v) is 16.9. The van der Waals surface area contributed by atoms with E-state index in [1.165, 1.54) is 0 Å². The molecule has 0 aliphatic carbocycles. The van der Waals surface area contributed by atoms with Gasteiger partial charge in [0.25, 0.3) is 5.91 Å². The fraction of sp³-hybridized carbons (Fsp3) is 0.364. The molecule has 0 atom stereocenters. The van der Waals surface area contributed by atoms with E-state index in [9.17, 15) is 9.59 Å². The number of benzene rings is 2. The number of amides is 2. The van der Waals surface area contributed by atoms with Crippen molar-refractivity contribution in [3.8, 4) is 0 Å². The van der Waals surface area contributed by atoms with Gasteiger partial charge in [0.15, 0.2) is 0 Å². The summed E-state index contributed by atoms with van der Waals surface area (Å²) in [5.74, 6) is 0.0161. The lowest BCUT2D eigenvalue weighted by atomic mass is 10.1. The number of nitrogens with zero attached hydrogens (tertiary/aromatic N) is 2. The number of hydrogen-bond donors (Lipinski definition) is 1. The van der Waals surface area contributed by atoms with E-state index in [-0.39, 0.29) is 11.8 Å². The summed E-state index contributed by atoms with van der Waals surface area (Å²) >= 11 is 6.10. The quantitative estimate of drug-likeness (QED) is 0.812. The number of rotatable bonds is 6. The Kier molecular flexibility index (Phi) is 7.06. The second kappa shape index (κ2) is 9.71. The van der Waals surface area contributed by atoms with E-state index in [0.717, 1.165) is 37.3 Å². The second-order valence-electron chi connectivity index (χ2n) is 7.10. The van der Waals surface area contributed by atoms with Gasteiger partial charge in [-0.05, 0) is 36.8 Å². The molecule has 0 radical (unpaired) electrons. The lowest BCUT2D eigenvalue weighted by molar-refractivity contribution is -0.132. The van der Waals surface area contributed by atoms with Crippen LogP contribution in [0.1, 0.15) is 27.9 Å². The fourth-order valence-electron chi connectivity index (χ4n) is 3.29. The van der Waals surface area contributed by atoms with Crippen LogP contribution in [-0.2, 0) is 11.3 Å². The molecule has 2 aromatic carbocycles. The predicted octanol–water partition coefficient (Wildman–Crippen LogP) is 3.11. The monoisotopic (exact) mass is 399 g/mol. The molecule has 1 saturated heterocycles. The average molecular weight is 400 g/mol. The van der Waals surface area contributed by atoms with Crippen molar-refractivity contribution in [1.82, 2.24) is 15.1 Å². The van der Waals surface area contributed by atoms with Crippen molar-refractivity contribution >= 4 is 23.4 Å². The lowest BCUT2D eigenvalue weighted by Gasteiger charge is -2.29. The number of piperazine rings is 1. The SMILES string of the molecule is Cc1ccc(C(=O)N(CCC(=O)N2CCNCC2)Cc2cccc(Cl)c2)cc1. The molecule has 0 spiro atoms. The highest BCUT2D eigenvalue weighted by Gasteiger charge is 2.21. The molecule has 6 heteroatoms. The van der Waals surface area contributed by atoms with Gasteiger partial charge in [-0.3, -0.25) is 9.59 Å². The van der Waals surface area contributed by atoms with Crippen molar-refractivity contribution in [1.29, 1.82) is 0 Å². The Morgan fingerprint density at radius 3 is 2.50 bits per heavy atom. The van der Waals surface area contributed by atoms with Crippen molar-refractivity contribution in [3.05, 3.63) is 70.2 Å². The Hall–Kier alpha value is -2.37. The summed E-state index contributed by atoms with van der Waals surface area (Å²) in [7, 11) is 0. The van der Waals surface area contributed by atoms with Crippen molar-refractivity contribution < 1.29 is 9.59 Å². The van der Waals surface area contributed by atoms with E-state index in [1.807, 2.05) is 60.4 Å². The van der Waals surface area contributed by atoms with Gasteiger partial charge in [-0.15, -0.1) is 0 Å². The molecule has 1 heterocycles. The largest absolute Gasteiger partial charge is 0.340 e. The number of halogens is 1. The van der Waals surface area contributed by atoms with Crippen molar-refractivity contribution in [2.75, 3.05) is 32.7 Å². The van der Waals surface area contributed by atoms with Crippen LogP contribution in [0, 0.1) is 6.92 Å². The molecule has 2 aromatic rings. The number of aryl methyl sites for hydroxylation is 1. The Morgan fingerprint density at radius 2 is 1.82 bits per heavy atom. The Balaban J connectivity index is 1.72. The summed E-state index contributed by atoms with van der Waals surface area (Å²) in [5, 5.41) is 3.88. The zero-order valence-electron chi connectivity index (χ0n) is 16.2. The van der Waals surface area contributed by atoms with Crippen LogP contribution in [0.4, 0.5) is 0 Å². The van der Waals surface area contributed by atoms with Crippen LogP contribution in [-0.4, -0.2) is 54.3 Å². The molecule has 28 heavy (non-hydrogen) atoms. The van der Waals surface area contributed by atoms with Crippen LogP contribution in [0.2, 0.25) is 5.02 Å². The first-order valence-electron chi connectivity index (χ1n) is 9.62. The molecule has 148 valence electrons. The summed E-state index contributed by atoms with van der Waals surface area (Å²) in [6, 6.07) is 15.0. The number of hydrogen-bond acceptors (Lipinski definition) is 3. The van der Waals surface area contributed by atoms with Gasteiger partial charge in [0, 0.05) is 56.3 Å². The first kappa shape index (κ1) is 20.4. The van der Waals surface area contributed by atoms with Crippen molar-refractivity contribution in [2.45, 2.75) is 19.9 Å². The maximum absolute atomic E-state index is 13.1. The molecule has 1 aliphatic heterocycles. The third-order valence-electron chi connectivity index (χ3n) is 4.91. The van der Waals surface area contributed by atoms with E-state index >= 15 is 0 Å². The van der Waals surface area contributed by atoms with Crippen molar-refractivity contribution in [3.63, 3.8) is 0 Å². The molecule has 5 nitrogen and oxygen atoms in total. The Morgan fingerprint density at radius 1 is 1.11 bits per heavy atom. The summed E-state index contributed by atoms with van der Waals surface area (Å²) in [5.41, 5.74) is 2.68. The molecule has 1 N–H and O–H groups in total. The first-order valence-corrected chi connectivity index (χ1v) is 9.99. The third-order valence-corrected chi connectivity index (χ3v) is 5.15. The van der Waals surface area contributed by atoms with Crippen LogP contribution in [0.3, 0.4) is 0 Å². The average Bonchev–Trinajstić information content (AvgIpc) is 2.71. The highest BCUT2D eigenvalue weighted by atomic mass is 35.5. The number of carbonyl (C=O) groups is 2. The minimum atomic E-state index is -0.0758. The summed E-state index contributed by atoms with van der Waals surface area (Å²) in [6.07, 6.45) is 0.318. The van der Waals surface area contributed by atoms with Gasteiger partial charge < -0.3 is 15.1 Å². The smallest absolute Gasteiger partial charge is 0.254 e. The summed E-state index contributed by atoms with van der Waals surface area (Å²) in [4.78, 5) is 29.2. The topological polar surface area (TPSA) is 52.7 Å². The Bertz CT molecular complexity index is 817. The van der Waals surface area contributed by atoms with Gasteiger partial charge in [0.05, 0.1) is 0 Å². The van der Waals surface area contributed by atoms with Crippen molar-refractivity contribution in [2.24, 2.45) is 0 Å². The van der Waals surface area contributed by atoms with Crippen LogP contribution >= 0.6 is 11.6 Å². The Labute approximate surface area is 171 Å². The summed E-state index contributed by atoms with van der Waals surface area (Å²) in [6.45, 7) is 5.87. The zero-order chi connectivity index (χ0) is 19.9. The van der Waals surface area contributed by atoms with E-state index in [2.05, 4.69) is 5.32 Å². The third kappa shape index (κ3) is 5.57. The second-order valence-corrected chi connectivity index (χ2v) is 7.54. The molecule has 0 aromatic heterocycles. The summed E-state index contributed by atoms with van der Waals surface area (Å²) < 4.78 is 0. The van der Waals surface area contributed by atoms with E-state index in [4.69, 9.17) is 11.6 Å². The minimum absolute atomic E-state index is 0.0758. The normalized spacial score (nSPS) is 14.0. The molecule has 1 fully saturated rings. The minimum Gasteiger partial charge on any atom is -0.340 e. The van der Waals surface area contributed by atoms with Crippen LogP contribution < -0.4 is 5.32 Å². The molecule has 3 rings (SSSR count). The van der Waals surface area contributed by atoms with E-state index in [0.29, 0.717) is 30.1 Å². The van der Waals surface area contributed by atoms with Gasteiger partial charge in [-0.1, -0.05) is 41.4 Å². The maximum Gasteiger partial charge on any atom is 0.254 e. The molecule has 0 bridgehead atoms. The lowest BCUT2D eigenvalue weighted by Crippen LogP contribution is -2.47. The van der Waals surface area contributed by atoms with Crippen LogP contribution in [0.5, 0.6) is 0 Å². The predicted molar refractivity (Wildman–Crippen MR) is 111 cm³/mol. The van der Waals surface area contributed by atoms with E-state index < -0.39 is 0 Å². The van der Waals surface area contributed by atoms with Gasteiger partial charge in [-0.25, -0.2) is 0 Å². The van der Waals surface area contributed by atoms with Gasteiger partial charge in [0.1, 0.15) is 0 Å². The first-order chi connectivity index (χ1) is 13.5. The van der Waals surface area contributed by atoms with E-state index in [1.54, 1.807) is 4.90 Å². The highest BCUT2D eigenvalue weighted by Crippen LogP contribution is 2.16. The molecule has 0 unspecified atom stereocenters. The maximum atomic E-state index is 13.1. The van der Waals surface area contributed by atoms with Gasteiger partial charge >= 0.3 is 0 Å².